The topological polar surface area (TPSA) is 44.5 Å². The van der Waals surface area contributed by atoms with Crippen molar-refractivity contribution in [1.29, 1.82) is 0 Å². The van der Waals surface area contributed by atoms with Gasteiger partial charge in [-0.25, -0.2) is 4.39 Å². The molecular formula is C14H21BFNO2. The normalized spacial score (nSPS) is 20.8. The lowest BCUT2D eigenvalue weighted by Gasteiger charge is -2.32. The highest BCUT2D eigenvalue weighted by atomic mass is 19.1. The molecule has 0 bridgehead atoms. The van der Waals surface area contributed by atoms with E-state index in [0.717, 1.165) is 5.46 Å². The van der Waals surface area contributed by atoms with Gasteiger partial charge in [0.05, 0.1) is 11.2 Å². The minimum absolute atomic E-state index is 0.252. The van der Waals surface area contributed by atoms with Crippen LogP contribution in [0.3, 0.4) is 0 Å². The summed E-state index contributed by atoms with van der Waals surface area (Å²) in [6, 6.07) is 4.96. The van der Waals surface area contributed by atoms with Crippen LogP contribution in [0.4, 0.5) is 4.39 Å². The average molecular weight is 265 g/mol. The Labute approximate surface area is 114 Å². The Morgan fingerprint density at radius 1 is 1.16 bits per heavy atom. The zero-order valence-electron chi connectivity index (χ0n) is 12.0. The van der Waals surface area contributed by atoms with Crippen LogP contribution in [0.15, 0.2) is 18.2 Å². The summed E-state index contributed by atoms with van der Waals surface area (Å²) in [4.78, 5) is 0. The van der Waals surface area contributed by atoms with Gasteiger partial charge in [0.15, 0.2) is 0 Å². The lowest BCUT2D eigenvalue weighted by atomic mass is 9.75. The Morgan fingerprint density at radius 3 is 2.26 bits per heavy atom. The standard InChI is InChI=1S/C14H21BFNO2/c1-13(2)14(3,4)19-15(18-13)11-6-5-7-12(16)10(11)8-9-17/h5-7H,8-9,17H2,1-4H3. The van der Waals surface area contributed by atoms with Crippen LogP contribution in [0, 0.1) is 5.82 Å². The van der Waals surface area contributed by atoms with Gasteiger partial charge in [0.25, 0.3) is 0 Å². The van der Waals surface area contributed by atoms with Crippen LogP contribution in [0.2, 0.25) is 0 Å². The van der Waals surface area contributed by atoms with Crippen molar-refractivity contribution in [2.45, 2.75) is 45.3 Å². The van der Waals surface area contributed by atoms with Gasteiger partial charge in [-0.2, -0.15) is 0 Å². The third-order valence-corrected chi connectivity index (χ3v) is 4.06. The van der Waals surface area contributed by atoms with Crippen LogP contribution in [-0.2, 0) is 15.7 Å². The fourth-order valence-corrected chi connectivity index (χ4v) is 2.17. The quantitative estimate of drug-likeness (QED) is 0.845. The van der Waals surface area contributed by atoms with Crippen molar-refractivity contribution < 1.29 is 13.7 Å². The van der Waals surface area contributed by atoms with Gasteiger partial charge in [-0.3, -0.25) is 0 Å². The summed E-state index contributed by atoms with van der Waals surface area (Å²) in [7, 11) is -0.540. The molecule has 2 N–H and O–H groups in total. The molecule has 0 spiro atoms. The third kappa shape index (κ3) is 2.55. The van der Waals surface area contributed by atoms with Gasteiger partial charge in [-0.05, 0) is 57.8 Å². The monoisotopic (exact) mass is 265 g/mol. The van der Waals surface area contributed by atoms with E-state index >= 15 is 0 Å². The maximum absolute atomic E-state index is 13.9. The Balaban J connectivity index is 2.37. The summed E-state index contributed by atoms with van der Waals surface area (Å²) in [5.41, 5.74) is 6.03. The average Bonchev–Trinajstić information content (AvgIpc) is 2.51. The molecule has 1 aliphatic rings. The first-order chi connectivity index (χ1) is 8.78. The number of hydrogen-bond acceptors (Lipinski definition) is 3. The van der Waals surface area contributed by atoms with Crippen LogP contribution in [0.1, 0.15) is 33.3 Å². The Morgan fingerprint density at radius 2 is 1.74 bits per heavy atom. The molecule has 0 atom stereocenters. The summed E-state index contributed by atoms with van der Waals surface area (Å²) in [6.45, 7) is 8.32. The number of benzene rings is 1. The second-order valence-corrected chi connectivity index (χ2v) is 5.93. The van der Waals surface area contributed by atoms with E-state index in [2.05, 4.69) is 0 Å². The molecule has 19 heavy (non-hydrogen) atoms. The Bertz CT molecular complexity index is 461. The summed E-state index contributed by atoms with van der Waals surface area (Å²) >= 11 is 0. The van der Waals surface area contributed by atoms with Gasteiger partial charge < -0.3 is 15.0 Å². The molecule has 1 aromatic carbocycles. The summed E-state index contributed by atoms with van der Waals surface area (Å²) in [5, 5.41) is 0. The van der Waals surface area contributed by atoms with Crippen LogP contribution in [-0.4, -0.2) is 24.9 Å². The molecule has 1 aromatic rings. The van der Waals surface area contributed by atoms with E-state index in [1.807, 2.05) is 33.8 Å². The number of halogens is 1. The second-order valence-electron chi connectivity index (χ2n) is 5.93. The maximum Gasteiger partial charge on any atom is 0.495 e. The zero-order valence-corrected chi connectivity index (χ0v) is 12.0. The fraction of sp³-hybridized carbons (Fsp3) is 0.571. The van der Waals surface area contributed by atoms with Crippen molar-refractivity contribution in [2.24, 2.45) is 5.73 Å². The fourth-order valence-electron chi connectivity index (χ4n) is 2.17. The highest BCUT2D eigenvalue weighted by Crippen LogP contribution is 2.36. The van der Waals surface area contributed by atoms with Gasteiger partial charge in [0, 0.05) is 0 Å². The molecule has 0 saturated carbocycles. The largest absolute Gasteiger partial charge is 0.495 e. The lowest BCUT2D eigenvalue weighted by molar-refractivity contribution is 0.00578. The van der Waals surface area contributed by atoms with Gasteiger partial charge in [-0.1, -0.05) is 12.1 Å². The van der Waals surface area contributed by atoms with Gasteiger partial charge >= 0.3 is 7.12 Å². The highest BCUT2D eigenvalue weighted by molar-refractivity contribution is 6.62. The Kier molecular flexibility index (Phi) is 3.73. The van der Waals surface area contributed by atoms with E-state index in [4.69, 9.17) is 15.0 Å². The smallest absolute Gasteiger partial charge is 0.399 e. The van der Waals surface area contributed by atoms with Crippen LogP contribution < -0.4 is 11.2 Å². The first-order valence-corrected chi connectivity index (χ1v) is 6.61. The van der Waals surface area contributed by atoms with Gasteiger partial charge in [0.2, 0.25) is 0 Å². The van der Waals surface area contributed by atoms with Crippen molar-refractivity contribution in [2.75, 3.05) is 6.54 Å². The molecule has 1 aliphatic heterocycles. The minimum Gasteiger partial charge on any atom is -0.399 e. The number of hydrogen-bond donors (Lipinski definition) is 1. The molecule has 0 aromatic heterocycles. The second kappa shape index (κ2) is 4.89. The zero-order chi connectivity index (χ0) is 14.3. The van der Waals surface area contributed by atoms with E-state index in [9.17, 15) is 4.39 Å². The van der Waals surface area contributed by atoms with E-state index in [1.165, 1.54) is 6.07 Å². The molecule has 3 nitrogen and oxygen atoms in total. The van der Waals surface area contributed by atoms with Crippen molar-refractivity contribution in [3.63, 3.8) is 0 Å². The predicted octanol–water partition coefficient (Wildman–Crippen LogP) is 1.63. The summed E-state index contributed by atoms with van der Waals surface area (Å²) < 4.78 is 25.8. The molecule has 104 valence electrons. The summed E-state index contributed by atoms with van der Waals surface area (Å²) in [5.74, 6) is -0.252. The maximum atomic E-state index is 13.9. The molecule has 0 unspecified atom stereocenters. The SMILES string of the molecule is CC1(C)OB(c2cccc(F)c2CCN)OC1(C)C. The van der Waals surface area contributed by atoms with Crippen LogP contribution >= 0.6 is 0 Å². The molecule has 1 saturated heterocycles. The van der Waals surface area contributed by atoms with E-state index in [1.54, 1.807) is 6.07 Å². The van der Waals surface area contributed by atoms with Crippen LogP contribution in [0.25, 0.3) is 0 Å². The Hall–Kier alpha value is -0.905. The molecule has 0 amide bonds. The predicted molar refractivity (Wildman–Crippen MR) is 74.9 cm³/mol. The first-order valence-electron chi connectivity index (χ1n) is 6.61. The number of nitrogens with two attached hydrogens (primary N) is 1. The molecule has 0 aliphatic carbocycles. The lowest BCUT2D eigenvalue weighted by Crippen LogP contribution is -2.41. The molecule has 1 heterocycles. The highest BCUT2D eigenvalue weighted by Gasteiger charge is 2.52. The van der Waals surface area contributed by atoms with Gasteiger partial charge in [-0.15, -0.1) is 0 Å². The van der Waals surface area contributed by atoms with Crippen LogP contribution in [0.5, 0.6) is 0 Å². The van der Waals surface area contributed by atoms with Gasteiger partial charge in [0.1, 0.15) is 5.82 Å². The number of rotatable bonds is 3. The third-order valence-electron chi connectivity index (χ3n) is 4.06. The molecule has 1 fully saturated rings. The minimum atomic E-state index is -0.540. The van der Waals surface area contributed by atoms with E-state index in [-0.39, 0.29) is 5.82 Å². The van der Waals surface area contributed by atoms with Crippen molar-refractivity contribution >= 4 is 12.6 Å². The van der Waals surface area contributed by atoms with Crippen molar-refractivity contribution in [1.82, 2.24) is 0 Å². The summed E-state index contributed by atoms with van der Waals surface area (Å²) in [6.07, 6.45) is 0.478. The molecular weight excluding hydrogens is 244 g/mol. The molecule has 2 rings (SSSR count). The van der Waals surface area contributed by atoms with Crippen molar-refractivity contribution in [3.8, 4) is 0 Å². The molecule has 0 radical (unpaired) electrons. The first kappa shape index (κ1) is 14.5. The van der Waals surface area contributed by atoms with Crippen molar-refractivity contribution in [3.05, 3.63) is 29.6 Å². The molecule has 5 heteroatoms. The van der Waals surface area contributed by atoms with E-state index in [0.29, 0.717) is 18.5 Å². The van der Waals surface area contributed by atoms with E-state index < -0.39 is 18.3 Å².